The lowest BCUT2D eigenvalue weighted by Crippen LogP contribution is -2.36. The van der Waals surface area contributed by atoms with Crippen molar-refractivity contribution < 1.29 is 14.3 Å². The van der Waals surface area contributed by atoms with Gasteiger partial charge in [-0.25, -0.2) is 0 Å². The second-order valence-electron chi connectivity index (χ2n) is 7.07. The Morgan fingerprint density at radius 3 is 2.64 bits per heavy atom. The standard InChI is InChI=1S/C20H22N2O3/c1-20(2)12-17(23)16-10-13(8-9-18(16)25-20)19(24)21-14-6-5-7-15(11-14)22(3)4/h5-11H,12H2,1-4H3,(H,21,24). The van der Waals surface area contributed by atoms with Gasteiger partial charge in [-0.1, -0.05) is 6.07 Å². The third-order valence-corrected chi connectivity index (χ3v) is 4.14. The zero-order valence-electron chi connectivity index (χ0n) is 14.9. The maximum Gasteiger partial charge on any atom is 0.255 e. The number of carbonyl (C=O) groups excluding carboxylic acids is 2. The number of hydrogen-bond acceptors (Lipinski definition) is 4. The molecule has 0 radical (unpaired) electrons. The van der Waals surface area contributed by atoms with E-state index in [2.05, 4.69) is 5.32 Å². The molecule has 0 bridgehead atoms. The van der Waals surface area contributed by atoms with Gasteiger partial charge in [-0.15, -0.1) is 0 Å². The van der Waals surface area contributed by atoms with Crippen LogP contribution in [0, 0.1) is 0 Å². The lowest BCUT2D eigenvalue weighted by atomic mass is 9.92. The van der Waals surface area contributed by atoms with Gasteiger partial charge in [0.2, 0.25) is 0 Å². The minimum absolute atomic E-state index is 0.00416. The number of fused-ring (bicyclic) bond motifs is 1. The molecule has 5 heteroatoms. The van der Waals surface area contributed by atoms with E-state index in [-0.39, 0.29) is 11.7 Å². The average molecular weight is 338 g/mol. The predicted octanol–water partition coefficient (Wildman–Crippen LogP) is 3.75. The molecule has 0 fully saturated rings. The second-order valence-corrected chi connectivity index (χ2v) is 7.07. The topological polar surface area (TPSA) is 58.6 Å². The molecule has 5 nitrogen and oxygen atoms in total. The fraction of sp³-hybridized carbons (Fsp3) is 0.300. The first-order valence-electron chi connectivity index (χ1n) is 8.20. The first-order chi connectivity index (χ1) is 11.7. The number of ether oxygens (including phenoxy) is 1. The Hall–Kier alpha value is -2.82. The highest BCUT2D eigenvalue weighted by atomic mass is 16.5. The van der Waals surface area contributed by atoms with Crippen LogP contribution >= 0.6 is 0 Å². The molecule has 0 saturated carbocycles. The Bertz CT molecular complexity index is 841. The van der Waals surface area contributed by atoms with E-state index in [0.29, 0.717) is 29.0 Å². The molecule has 0 atom stereocenters. The van der Waals surface area contributed by atoms with Crippen molar-refractivity contribution in [3.05, 3.63) is 53.6 Å². The molecular weight excluding hydrogens is 316 g/mol. The monoisotopic (exact) mass is 338 g/mol. The summed E-state index contributed by atoms with van der Waals surface area (Å²) < 4.78 is 5.83. The van der Waals surface area contributed by atoms with Gasteiger partial charge in [0.15, 0.2) is 5.78 Å². The largest absolute Gasteiger partial charge is 0.487 e. The van der Waals surface area contributed by atoms with E-state index in [1.54, 1.807) is 18.2 Å². The Kier molecular flexibility index (Phi) is 4.25. The number of nitrogens with zero attached hydrogens (tertiary/aromatic N) is 1. The maximum absolute atomic E-state index is 12.5. The van der Waals surface area contributed by atoms with E-state index >= 15 is 0 Å². The molecule has 1 heterocycles. The predicted molar refractivity (Wildman–Crippen MR) is 98.8 cm³/mol. The maximum atomic E-state index is 12.5. The third kappa shape index (κ3) is 3.65. The van der Waals surface area contributed by atoms with Gasteiger partial charge in [0.05, 0.1) is 12.0 Å². The van der Waals surface area contributed by atoms with E-state index < -0.39 is 5.60 Å². The molecule has 0 aromatic heterocycles. The van der Waals surface area contributed by atoms with Crippen LogP contribution in [-0.4, -0.2) is 31.4 Å². The fourth-order valence-electron chi connectivity index (χ4n) is 2.86. The van der Waals surface area contributed by atoms with Crippen LogP contribution in [0.3, 0.4) is 0 Å². The van der Waals surface area contributed by atoms with E-state index in [4.69, 9.17) is 4.74 Å². The Labute approximate surface area is 147 Å². The number of nitrogens with one attached hydrogen (secondary N) is 1. The number of Topliss-reactive ketones (excluding diaryl/α,β-unsaturated/α-hetero) is 1. The normalized spacial score (nSPS) is 15.1. The molecule has 0 aliphatic carbocycles. The van der Waals surface area contributed by atoms with E-state index in [0.717, 1.165) is 5.69 Å². The van der Waals surface area contributed by atoms with E-state index in [1.807, 2.05) is 57.1 Å². The summed E-state index contributed by atoms with van der Waals surface area (Å²) in [5.41, 5.74) is 2.09. The van der Waals surface area contributed by atoms with Crippen molar-refractivity contribution in [1.82, 2.24) is 0 Å². The third-order valence-electron chi connectivity index (χ3n) is 4.14. The summed E-state index contributed by atoms with van der Waals surface area (Å²) in [5, 5.41) is 2.87. The molecule has 0 saturated heterocycles. The first kappa shape index (κ1) is 17.0. The summed E-state index contributed by atoms with van der Waals surface area (Å²) in [4.78, 5) is 26.8. The van der Waals surface area contributed by atoms with Gasteiger partial charge in [0.25, 0.3) is 5.91 Å². The molecule has 2 aromatic carbocycles. The molecule has 0 spiro atoms. The Morgan fingerprint density at radius 2 is 1.92 bits per heavy atom. The van der Waals surface area contributed by atoms with Gasteiger partial charge >= 0.3 is 0 Å². The Balaban J connectivity index is 1.83. The minimum Gasteiger partial charge on any atom is -0.487 e. The molecule has 0 unspecified atom stereocenters. The van der Waals surface area contributed by atoms with Crippen LogP contribution in [0.25, 0.3) is 0 Å². The fourth-order valence-corrected chi connectivity index (χ4v) is 2.86. The molecule has 3 rings (SSSR count). The van der Waals surface area contributed by atoms with Gasteiger partial charge in [0, 0.05) is 31.0 Å². The minimum atomic E-state index is -0.513. The molecule has 130 valence electrons. The second kappa shape index (κ2) is 6.24. The molecule has 2 aromatic rings. The summed E-state index contributed by atoms with van der Waals surface area (Å²) in [6, 6.07) is 12.6. The van der Waals surface area contributed by atoms with Crippen molar-refractivity contribution in [3.8, 4) is 5.75 Å². The summed E-state index contributed by atoms with van der Waals surface area (Å²) in [6.45, 7) is 3.76. The summed E-state index contributed by atoms with van der Waals surface area (Å²) >= 11 is 0. The smallest absolute Gasteiger partial charge is 0.255 e. The molecule has 1 N–H and O–H groups in total. The van der Waals surface area contributed by atoms with Crippen LogP contribution in [0.5, 0.6) is 5.75 Å². The highest BCUT2D eigenvalue weighted by Crippen LogP contribution is 2.33. The number of amides is 1. The number of ketones is 1. The molecule has 1 aliphatic rings. The lowest BCUT2D eigenvalue weighted by Gasteiger charge is -2.31. The van der Waals surface area contributed by atoms with Crippen LogP contribution < -0.4 is 15.0 Å². The van der Waals surface area contributed by atoms with Crippen LogP contribution in [0.15, 0.2) is 42.5 Å². The van der Waals surface area contributed by atoms with Gasteiger partial charge in [-0.05, 0) is 50.2 Å². The molecular formula is C20H22N2O3. The number of hydrogen-bond donors (Lipinski definition) is 1. The quantitative estimate of drug-likeness (QED) is 0.926. The lowest BCUT2D eigenvalue weighted by molar-refractivity contribution is 0.0620. The highest BCUT2D eigenvalue weighted by Gasteiger charge is 2.32. The van der Waals surface area contributed by atoms with Crippen LogP contribution in [0.2, 0.25) is 0 Å². The van der Waals surface area contributed by atoms with E-state index in [9.17, 15) is 9.59 Å². The Morgan fingerprint density at radius 1 is 1.16 bits per heavy atom. The van der Waals surface area contributed by atoms with Crippen molar-refractivity contribution in [2.75, 3.05) is 24.3 Å². The summed E-state index contributed by atoms with van der Waals surface area (Å²) in [5.74, 6) is 0.277. The van der Waals surface area contributed by atoms with Crippen LogP contribution in [0.1, 0.15) is 41.0 Å². The molecule has 1 aliphatic heterocycles. The van der Waals surface area contributed by atoms with Crippen molar-refractivity contribution >= 4 is 23.1 Å². The number of rotatable bonds is 3. The number of anilines is 2. The number of benzene rings is 2. The van der Waals surface area contributed by atoms with Crippen molar-refractivity contribution in [1.29, 1.82) is 0 Å². The summed E-state index contributed by atoms with van der Waals surface area (Å²) in [7, 11) is 3.88. The van der Waals surface area contributed by atoms with Crippen LogP contribution in [-0.2, 0) is 0 Å². The van der Waals surface area contributed by atoms with Gasteiger partial charge in [-0.3, -0.25) is 9.59 Å². The van der Waals surface area contributed by atoms with Crippen molar-refractivity contribution in [2.45, 2.75) is 25.9 Å². The van der Waals surface area contributed by atoms with E-state index in [1.165, 1.54) is 0 Å². The zero-order valence-corrected chi connectivity index (χ0v) is 14.9. The molecule has 1 amide bonds. The molecule has 25 heavy (non-hydrogen) atoms. The van der Waals surface area contributed by atoms with Gasteiger partial charge in [0.1, 0.15) is 11.4 Å². The van der Waals surface area contributed by atoms with Gasteiger partial charge in [-0.2, -0.15) is 0 Å². The average Bonchev–Trinajstić information content (AvgIpc) is 2.53. The van der Waals surface area contributed by atoms with Crippen molar-refractivity contribution in [3.63, 3.8) is 0 Å². The highest BCUT2D eigenvalue weighted by molar-refractivity contribution is 6.07. The van der Waals surface area contributed by atoms with Crippen molar-refractivity contribution in [2.24, 2.45) is 0 Å². The zero-order chi connectivity index (χ0) is 18.2. The van der Waals surface area contributed by atoms with Gasteiger partial charge < -0.3 is 15.0 Å². The van der Waals surface area contributed by atoms with Crippen LogP contribution in [0.4, 0.5) is 11.4 Å². The first-order valence-corrected chi connectivity index (χ1v) is 8.20. The SMILES string of the molecule is CN(C)c1cccc(NC(=O)c2ccc3c(c2)C(=O)CC(C)(C)O3)c1. The number of carbonyl (C=O) groups is 2. The summed E-state index contributed by atoms with van der Waals surface area (Å²) in [6.07, 6.45) is 0.302.